The average molecular weight is 269 g/mol. The molecule has 0 aliphatic rings. The van der Waals surface area contributed by atoms with Crippen molar-refractivity contribution in [1.82, 2.24) is 15.1 Å². The fraction of sp³-hybridized carbons (Fsp3) is 0.636. The van der Waals surface area contributed by atoms with Crippen molar-refractivity contribution >= 4 is 17.4 Å². The quantitative estimate of drug-likeness (QED) is 0.569. The number of rotatable bonds is 7. The number of nitro groups is 1. The van der Waals surface area contributed by atoms with Gasteiger partial charge in [-0.3, -0.25) is 14.9 Å². The highest BCUT2D eigenvalue weighted by atomic mass is 16.6. The van der Waals surface area contributed by atoms with Crippen LogP contribution in [0.4, 0.5) is 11.5 Å². The summed E-state index contributed by atoms with van der Waals surface area (Å²) in [4.78, 5) is 21.7. The topological polar surface area (TPSA) is 102 Å². The Balaban J connectivity index is 2.88. The number of amides is 1. The summed E-state index contributed by atoms with van der Waals surface area (Å²) in [5.41, 5.74) is 0.353. The van der Waals surface area contributed by atoms with Gasteiger partial charge in [0.05, 0.1) is 4.92 Å². The molecule has 1 aromatic heterocycles. The third-order valence-electron chi connectivity index (χ3n) is 2.64. The van der Waals surface area contributed by atoms with Crippen molar-refractivity contribution < 1.29 is 9.72 Å². The van der Waals surface area contributed by atoms with Crippen molar-refractivity contribution in [2.75, 3.05) is 18.9 Å². The van der Waals surface area contributed by atoms with Crippen LogP contribution in [-0.2, 0) is 11.3 Å². The van der Waals surface area contributed by atoms with Gasteiger partial charge in [0, 0.05) is 26.6 Å². The molecule has 1 rings (SSSR count). The van der Waals surface area contributed by atoms with E-state index in [1.165, 1.54) is 0 Å². The molecule has 0 spiro atoms. The molecule has 1 amide bonds. The molecule has 0 atom stereocenters. The molecule has 0 aliphatic carbocycles. The molecule has 1 heterocycles. The van der Waals surface area contributed by atoms with Gasteiger partial charge in [-0.2, -0.15) is 5.10 Å². The van der Waals surface area contributed by atoms with Gasteiger partial charge in [0.25, 0.3) is 0 Å². The summed E-state index contributed by atoms with van der Waals surface area (Å²) in [7, 11) is 1.55. The molecule has 0 unspecified atom stereocenters. The Hall–Kier alpha value is -2.12. The van der Waals surface area contributed by atoms with Crippen molar-refractivity contribution in [3.05, 3.63) is 15.8 Å². The van der Waals surface area contributed by atoms with Gasteiger partial charge in [-0.15, -0.1) is 0 Å². The van der Waals surface area contributed by atoms with E-state index in [0.29, 0.717) is 24.6 Å². The highest BCUT2D eigenvalue weighted by Gasteiger charge is 2.24. The summed E-state index contributed by atoms with van der Waals surface area (Å²) >= 11 is 0. The van der Waals surface area contributed by atoms with E-state index in [1.54, 1.807) is 18.7 Å². The molecule has 2 N–H and O–H groups in total. The first-order chi connectivity index (χ1) is 9.01. The van der Waals surface area contributed by atoms with Crippen LogP contribution in [0.15, 0.2) is 0 Å². The van der Waals surface area contributed by atoms with E-state index in [-0.39, 0.29) is 18.0 Å². The van der Waals surface area contributed by atoms with Crippen molar-refractivity contribution in [1.29, 1.82) is 0 Å². The normalized spacial score (nSPS) is 10.3. The van der Waals surface area contributed by atoms with Gasteiger partial charge in [0.2, 0.25) is 11.7 Å². The first-order valence-electron chi connectivity index (χ1n) is 6.17. The van der Waals surface area contributed by atoms with Gasteiger partial charge >= 0.3 is 5.69 Å². The number of nitrogens with one attached hydrogen (secondary N) is 2. The van der Waals surface area contributed by atoms with E-state index in [0.717, 1.165) is 6.42 Å². The molecule has 0 aromatic carbocycles. The van der Waals surface area contributed by atoms with E-state index in [1.807, 2.05) is 6.92 Å². The highest BCUT2D eigenvalue weighted by Crippen LogP contribution is 2.28. The Morgan fingerprint density at radius 3 is 2.74 bits per heavy atom. The van der Waals surface area contributed by atoms with E-state index < -0.39 is 4.92 Å². The van der Waals surface area contributed by atoms with Crippen LogP contribution in [0.25, 0.3) is 0 Å². The Labute approximate surface area is 111 Å². The molecule has 0 bridgehead atoms. The summed E-state index contributed by atoms with van der Waals surface area (Å²) in [6.07, 6.45) is 1.08. The van der Waals surface area contributed by atoms with Crippen LogP contribution in [0, 0.1) is 17.0 Å². The third kappa shape index (κ3) is 3.67. The number of aromatic nitrogens is 2. The fourth-order valence-electron chi connectivity index (χ4n) is 1.76. The molecule has 1 aromatic rings. The molecule has 0 radical (unpaired) electrons. The van der Waals surface area contributed by atoms with Crippen molar-refractivity contribution in [3.8, 4) is 0 Å². The monoisotopic (exact) mass is 269 g/mol. The smallest absolute Gasteiger partial charge is 0.333 e. The van der Waals surface area contributed by atoms with Crippen molar-refractivity contribution in [3.63, 3.8) is 0 Å². The molecule has 8 heteroatoms. The zero-order chi connectivity index (χ0) is 14.4. The van der Waals surface area contributed by atoms with Crippen LogP contribution in [0.3, 0.4) is 0 Å². The molecule has 19 heavy (non-hydrogen) atoms. The maximum absolute atomic E-state index is 11.1. The number of aryl methyl sites for hydroxylation is 2. The summed E-state index contributed by atoms with van der Waals surface area (Å²) in [6.45, 7) is 4.50. The van der Waals surface area contributed by atoms with Gasteiger partial charge < -0.3 is 10.6 Å². The predicted octanol–water partition coefficient (Wildman–Crippen LogP) is 1.06. The Morgan fingerprint density at radius 2 is 2.21 bits per heavy atom. The Morgan fingerprint density at radius 1 is 1.53 bits per heavy atom. The number of carbonyl (C=O) groups excluding carboxylic acids is 1. The Bertz CT molecular complexity index is 469. The van der Waals surface area contributed by atoms with Crippen LogP contribution in [0.2, 0.25) is 0 Å². The van der Waals surface area contributed by atoms with Gasteiger partial charge in [-0.05, 0) is 13.3 Å². The molecular weight excluding hydrogens is 250 g/mol. The van der Waals surface area contributed by atoms with E-state index in [2.05, 4.69) is 15.7 Å². The molecule has 106 valence electrons. The lowest BCUT2D eigenvalue weighted by Crippen LogP contribution is -2.21. The van der Waals surface area contributed by atoms with Crippen molar-refractivity contribution in [2.45, 2.75) is 33.2 Å². The maximum atomic E-state index is 11.1. The molecule has 0 fully saturated rings. The summed E-state index contributed by atoms with van der Waals surface area (Å²) in [5.74, 6) is 0.252. The van der Waals surface area contributed by atoms with Crippen LogP contribution in [0.5, 0.6) is 0 Å². The molecule has 0 saturated carbocycles. The molecule has 0 saturated heterocycles. The van der Waals surface area contributed by atoms with Crippen LogP contribution < -0.4 is 10.6 Å². The first-order valence-corrected chi connectivity index (χ1v) is 6.17. The van der Waals surface area contributed by atoms with E-state index in [9.17, 15) is 14.9 Å². The lowest BCUT2D eigenvalue weighted by atomic mass is 10.3. The average Bonchev–Trinajstić information content (AvgIpc) is 2.66. The summed E-state index contributed by atoms with van der Waals surface area (Å²) < 4.78 is 1.58. The number of hydrogen-bond acceptors (Lipinski definition) is 5. The molecule has 8 nitrogen and oxygen atoms in total. The predicted molar refractivity (Wildman–Crippen MR) is 71.1 cm³/mol. The second-order valence-corrected chi connectivity index (χ2v) is 4.11. The zero-order valence-corrected chi connectivity index (χ0v) is 11.4. The van der Waals surface area contributed by atoms with E-state index >= 15 is 0 Å². The standard InChI is InChI=1S/C11H19N5O3/c1-4-7-15-11(13-6-5-9(17)12-3)10(16(18)19)8(2)14-15/h13H,4-7H2,1-3H3,(H,12,17). The molecule has 0 aliphatic heterocycles. The van der Waals surface area contributed by atoms with E-state index in [4.69, 9.17) is 0 Å². The van der Waals surface area contributed by atoms with Gasteiger partial charge in [0.15, 0.2) is 0 Å². The highest BCUT2D eigenvalue weighted by molar-refractivity contribution is 5.76. The maximum Gasteiger partial charge on any atom is 0.333 e. The summed E-state index contributed by atoms with van der Waals surface area (Å²) in [5, 5.41) is 20.6. The van der Waals surface area contributed by atoms with Crippen LogP contribution in [-0.4, -0.2) is 34.2 Å². The second-order valence-electron chi connectivity index (χ2n) is 4.11. The van der Waals surface area contributed by atoms with Gasteiger partial charge in [0.1, 0.15) is 5.69 Å². The van der Waals surface area contributed by atoms with Crippen LogP contribution in [0.1, 0.15) is 25.5 Å². The third-order valence-corrected chi connectivity index (χ3v) is 2.64. The number of hydrogen-bond donors (Lipinski definition) is 2. The Kier molecular flexibility index (Phi) is 5.28. The number of carbonyl (C=O) groups is 1. The fourth-order valence-corrected chi connectivity index (χ4v) is 1.76. The number of nitrogens with zero attached hydrogens (tertiary/aromatic N) is 3. The van der Waals surface area contributed by atoms with Gasteiger partial charge in [-0.25, -0.2) is 4.68 Å². The minimum absolute atomic E-state index is 0.0228. The van der Waals surface area contributed by atoms with Crippen molar-refractivity contribution in [2.24, 2.45) is 0 Å². The molecular formula is C11H19N5O3. The minimum Gasteiger partial charge on any atom is -0.364 e. The number of anilines is 1. The lowest BCUT2D eigenvalue weighted by molar-refractivity contribution is -0.384. The van der Waals surface area contributed by atoms with Crippen LogP contribution >= 0.6 is 0 Å². The lowest BCUT2D eigenvalue weighted by Gasteiger charge is -2.07. The largest absolute Gasteiger partial charge is 0.364 e. The van der Waals surface area contributed by atoms with Gasteiger partial charge in [-0.1, -0.05) is 6.92 Å². The SMILES string of the molecule is CCCn1nc(C)c([N+](=O)[O-])c1NCCC(=O)NC. The zero-order valence-electron chi connectivity index (χ0n) is 11.4. The first kappa shape index (κ1) is 14.9. The summed E-state index contributed by atoms with van der Waals surface area (Å²) in [6, 6.07) is 0. The second kappa shape index (κ2) is 6.72. The minimum atomic E-state index is -0.448.